The summed E-state index contributed by atoms with van der Waals surface area (Å²) in [6, 6.07) is 0. The van der Waals surface area contributed by atoms with Gasteiger partial charge in [-0.2, -0.15) is 0 Å². The largest absolute Gasteiger partial charge is 0.315 e. The van der Waals surface area contributed by atoms with Gasteiger partial charge in [0.25, 0.3) is 0 Å². The van der Waals surface area contributed by atoms with Gasteiger partial charge in [0.2, 0.25) is 0 Å². The normalized spacial score (nSPS) is 12.0. The molecular weight excluding hydrogens is 186 g/mol. The number of nitrogens with one attached hydrogen (secondary N) is 1. The van der Waals surface area contributed by atoms with Crippen LogP contribution in [0, 0.1) is 5.92 Å². The zero-order valence-corrected chi connectivity index (χ0v) is 11.2. The fourth-order valence-corrected chi connectivity index (χ4v) is 1.43. The minimum Gasteiger partial charge on any atom is -0.315 e. The second-order valence-corrected chi connectivity index (χ2v) is 5.06. The third-order valence-corrected chi connectivity index (χ3v) is 2.37. The summed E-state index contributed by atoms with van der Waals surface area (Å²) in [6.45, 7) is 10.3. The van der Waals surface area contributed by atoms with E-state index in [2.05, 4.69) is 50.1 Å². The van der Waals surface area contributed by atoms with Gasteiger partial charge in [0.05, 0.1) is 0 Å². The van der Waals surface area contributed by atoms with Crippen LogP contribution in [0.4, 0.5) is 0 Å². The standard InChI is InChI=1S/C12H29N3/c1-12(2)11-13-7-10-15(5)9-6-8-14(3)4/h12-13H,6-11H2,1-5H3. The highest BCUT2D eigenvalue weighted by Crippen LogP contribution is 1.89. The number of hydrogen-bond donors (Lipinski definition) is 1. The molecule has 0 amide bonds. The third kappa shape index (κ3) is 11.8. The van der Waals surface area contributed by atoms with Crippen molar-refractivity contribution < 1.29 is 0 Å². The maximum atomic E-state index is 3.46. The first-order chi connectivity index (χ1) is 7.02. The van der Waals surface area contributed by atoms with Crippen molar-refractivity contribution >= 4 is 0 Å². The van der Waals surface area contributed by atoms with Gasteiger partial charge in [0.15, 0.2) is 0 Å². The van der Waals surface area contributed by atoms with E-state index < -0.39 is 0 Å². The average molecular weight is 215 g/mol. The van der Waals surface area contributed by atoms with E-state index in [0.717, 1.165) is 25.6 Å². The molecule has 0 fully saturated rings. The van der Waals surface area contributed by atoms with Crippen molar-refractivity contribution in [2.24, 2.45) is 5.92 Å². The van der Waals surface area contributed by atoms with Gasteiger partial charge >= 0.3 is 0 Å². The van der Waals surface area contributed by atoms with Crippen LogP contribution in [0.2, 0.25) is 0 Å². The number of hydrogen-bond acceptors (Lipinski definition) is 3. The fourth-order valence-electron chi connectivity index (χ4n) is 1.43. The van der Waals surface area contributed by atoms with Gasteiger partial charge in [-0.25, -0.2) is 0 Å². The van der Waals surface area contributed by atoms with Crippen LogP contribution in [0.1, 0.15) is 20.3 Å². The summed E-state index contributed by atoms with van der Waals surface area (Å²) < 4.78 is 0. The van der Waals surface area contributed by atoms with Crippen LogP contribution < -0.4 is 5.32 Å². The highest BCUT2D eigenvalue weighted by atomic mass is 15.1. The van der Waals surface area contributed by atoms with E-state index in [1.807, 2.05) is 0 Å². The van der Waals surface area contributed by atoms with Crippen LogP contribution in [0.25, 0.3) is 0 Å². The van der Waals surface area contributed by atoms with Crippen molar-refractivity contribution in [1.29, 1.82) is 0 Å². The van der Waals surface area contributed by atoms with Crippen LogP contribution in [-0.4, -0.2) is 63.7 Å². The topological polar surface area (TPSA) is 18.5 Å². The van der Waals surface area contributed by atoms with E-state index in [0.29, 0.717) is 0 Å². The summed E-state index contributed by atoms with van der Waals surface area (Å²) in [4.78, 5) is 4.64. The van der Waals surface area contributed by atoms with E-state index in [1.54, 1.807) is 0 Å². The van der Waals surface area contributed by atoms with Crippen molar-refractivity contribution in [3.8, 4) is 0 Å². The first-order valence-electron chi connectivity index (χ1n) is 6.06. The van der Waals surface area contributed by atoms with Gasteiger partial charge in [0, 0.05) is 13.1 Å². The molecule has 0 saturated heterocycles. The average Bonchev–Trinajstić information content (AvgIpc) is 2.11. The molecule has 3 heteroatoms. The molecular formula is C12H29N3. The van der Waals surface area contributed by atoms with E-state index in [-0.39, 0.29) is 0 Å². The summed E-state index contributed by atoms with van der Waals surface area (Å²) in [5.41, 5.74) is 0. The van der Waals surface area contributed by atoms with E-state index >= 15 is 0 Å². The van der Waals surface area contributed by atoms with E-state index in [4.69, 9.17) is 0 Å². The predicted molar refractivity (Wildman–Crippen MR) is 68.4 cm³/mol. The Bertz CT molecular complexity index is 135. The summed E-state index contributed by atoms with van der Waals surface area (Å²) in [6.07, 6.45) is 1.26. The van der Waals surface area contributed by atoms with Gasteiger partial charge in [-0.15, -0.1) is 0 Å². The van der Waals surface area contributed by atoms with Crippen molar-refractivity contribution in [3.05, 3.63) is 0 Å². The minimum absolute atomic E-state index is 0.754. The Kier molecular flexibility index (Phi) is 9.06. The first kappa shape index (κ1) is 14.9. The Morgan fingerprint density at radius 3 is 2.20 bits per heavy atom. The van der Waals surface area contributed by atoms with Gasteiger partial charge in [-0.1, -0.05) is 13.8 Å². The van der Waals surface area contributed by atoms with Crippen molar-refractivity contribution in [2.75, 3.05) is 53.9 Å². The maximum absolute atomic E-state index is 3.46. The van der Waals surface area contributed by atoms with Crippen molar-refractivity contribution in [2.45, 2.75) is 20.3 Å². The van der Waals surface area contributed by atoms with Crippen LogP contribution in [0.5, 0.6) is 0 Å². The molecule has 0 atom stereocenters. The quantitative estimate of drug-likeness (QED) is 0.581. The lowest BCUT2D eigenvalue weighted by molar-refractivity contribution is 0.298. The molecule has 0 spiro atoms. The molecule has 0 saturated carbocycles. The van der Waals surface area contributed by atoms with Gasteiger partial charge in [0.1, 0.15) is 0 Å². The van der Waals surface area contributed by atoms with Crippen LogP contribution in [-0.2, 0) is 0 Å². The van der Waals surface area contributed by atoms with Gasteiger partial charge in [-0.05, 0) is 53.1 Å². The number of likely N-dealkylation sites (N-methyl/N-ethyl adjacent to an activating group) is 1. The maximum Gasteiger partial charge on any atom is 0.0104 e. The Morgan fingerprint density at radius 1 is 1.00 bits per heavy atom. The second-order valence-electron chi connectivity index (χ2n) is 5.06. The lowest BCUT2D eigenvalue weighted by Gasteiger charge is -2.18. The molecule has 15 heavy (non-hydrogen) atoms. The van der Waals surface area contributed by atoms with Crippen LogP contribution >= 0.6 is 0 Å². The number of rotatable bonds is 9. The molecule has 0 rings (SSSR count). The Labute approximate surface area is 95.8 Å². The molecule has 1 N–H and O–H groups in total. The molecule has 0 bridgehead atoms. The van der Waals surface area contributed by atoms with E-state index in [9.17, 15) is 0 Å². The fraction of sp³-hybridized carbons (Fsp3) is 1.00. The molecule has 92 valence electrons. The zero-order chi connectivity index (χ0) is 11.7. The summed E-state index contributed by atoms with van der Waals surface area (Å²) in [5, 5.41) is 3.46. The first-order valence-corrected chi connectivity index (χ1v) is 6.06. The van der Waals surface area contributed by atoms with E-state index in [1.165, 1.54) is 19.5 Å². The van der Waals surface area contributed by atoms with Crippen molar-refractivity contribution in [1.82, 2.24) is 15.1 Å². The van der Waals surface area contributed by atoms with Crippen molar-refractivity contribution in [3.63, 3.8) is 0 Å². The molecule has 0 heterocycles. The van der Waals surface area contributed by atoms with Crippen LogP contribution in [0.15, 0.2) is 0 Å². The highest BCUT2D eigenvalue weighted by molar-refractivity contribution is 4.57. The molecule has 3 nitrogen and oxygen atoms in total. The lowest BCUT2D eigenvalue weighted by Crippen LogP contribution is -2.32. The van der Waals surface area contributed by atoms with Gasteiger partial charge < -0.3 is 15.1 Å². The van der Waals surface area contributed by atoms with Crippen LogP contribution in [0.3, 0.4) is 0 Å². The molecule has 0 aromatic rings. The highest BCUT2D eigenvalue weighted by Gasteiger charge is 1.99. The predicted octanol–water partition coefficient (Wildman–Crippen LogP) is 1.12. The molecule has 0 aromatic carbocycles. The SMILES string of the molecule is CC(C)CNCCN(C)CCCN(C)C. The smallest absolute Gasteiger partial charge is 0.0104 e. The summed E-state index contributed by atoms with van der Waals surface area (Å²) >= 11 is 0. The Balaban J connectivity index is 3.22. The summed E-state index contributed by atoms with van der Waals surface area (Å²) in [5.74, 6) is 0.754. The molecule has 0 aromatic heterocycles. The third-order valence-electron chi connectivity index (χ3n) is 2.37. The molecule has 0 unspecified atom stereocenters. The number of nitrogens with zero attached hydrogens (tertiary/aromatic N) is 2. The summed E-state index contributed by atoms with van der Waals surface area (Å²) in [7, 11) is 6.46. The molecule has 0 radical (unpaired) electrons. The second kappa shape index (κ2) is 9.13. The molecule has 0 aliphatic heterocycles. The molecule has 0 aliphatic rings. The lowest BCUT2D eigenvalue weighted by atomic mass is 10.2. The minimum atomic E-state index is 0.754. The monoisotopic (exact) mass is 215 g/mol. The van der Waals surface area contributed by atoms with Gasteiger partial charge in [-0.3, -0.25) is 0 Å². The zero-order valence-electron chi connectivity index (χ0n) is 11.2. The molecule has 0 aliphatic carbocycles. The Morgan fingerprint density at radius 2 is 1.67 bits per heavy atom. The Hall–Kier alpha value is -0.120.